The molecule has 0 radical (unpaired) electrons. The molecule has 1 aliphatic rings. The highest BCUT2D eigenvalue weighted by atomic mass is 32.1. The predicted molar refractivity (Wildman–Crippen MR) is 126 cm³/mol. The van der Waals surface area contributed by atoms with Crippen molar-refractivity contribution in [2.24, 2.45) is 0 Å². The molecule has 2 aromatic heterocycles. The van der Waals surface area contributed by atoms with Crippen LogP contribution in [0.1, 0.15) is 16.1 Å². The van der Waals surface area contributed by atoms with Gasteiger partial charge in [-0.15, -0.1) is 11.3 Å². The maximum Gasteiger partial charge on any atom is 0.270 e. The number of anilines is 1. The molecule has 0 unspecified atom stereocenters. The predicted octanol–water partition coefficient (Wildman–Crippen LogP) is 4.72. The smallest absolute Gasteiger partial charge is 0.270 e. The number of hydrogen-bond acceptors (Lipinski definition) is 4. The van der Waals surface area contributed by atoms with Crippen LogP contribution in [-0.2, 0) is 6.54 Å². The average Bonchev–Trinajstić information content (AvgIpc) is 3.42. The minimum absolute atomic E-state index is 0.115. The van der Waals surface area contributed by atoms with Gasteiger partial charge in [0, 0.05) is 44.5 Å². The molecule has 0 bridgehead atoms. The molecule has 6 heteroatoms. The first-order valence-electron chi connectivity index (χ1n) is 10.5. The van der Waals surface area contributed by atoms with Crippen molar-refractivity contribution in [3.63, 3.8) is 0 Å². The summed E-state index contributed by atoms with van der Waals surface area (Å²) in [5.41, 5.74) is 4.25. The van der Waals surface area contributed by atoms with E-state index in [0.717, 1.165) is 40.4 Å². The Hall–Kier alpha value is -3.25. The van der Waals surface area contributed by atoms with E-state index in [0.29, 0.717) is 19.6 Å². The van der Waals surface area contributed by atoms with Gasteiger partial charge in [0.2, 0.25) is 0 Å². The molecule has 1 fully saturated rings. The number of piperazine rings is 1. The molecule has 0 saturated carbocycles. The third-order valence-electron chi connectivity index (χ3n) is 5.91. The van der Waals surface area contributed by atoms with Crippen molar-refractivity contribution < 1.29 is 9.53 Å². The van der Waals surface area contributed by atoms with E-state index < -0.39 is 0 Å². The maximum absolute atomic E-state index is 13.5. The van der Waals surface area contributed by atoms with Gasteiger partial charge in [0.25, 0.3) is 5.91 Å². The van der Waals surface area contributed by atoms with Crippen LogP contribution in [0, 0.1) is 0 Å². The molecule has 0 spiro atoms. The van der Waals surface area contributed by atoms with Gasteiger partial charge in [0.15, 0.2) is 0 Å². The van der Waals surface area contributed by atoms with E-state index in [-0.39, 0.29) is 5.91 Å². The van der Waals surface area contributed by atoms with Crippen LogP contribution in [-0.4, -0.2) is 48.7 Å². The average molecular weight is 432 g/mol. The van der Waals surface area contributed by atoms with Crippen molar-refractivity contribution in [3.8, 4) is 5.75 Å². The first kappa shape index (κ1) is 19.7. The van der Waals surface area contributed by atoms with Gasteiger partial charge >= 0.3 is 0 Å². The zero-order valence-electron chi connectivity index (χ0n) is 17.5. The molecule has 31 heavy (non-hydrogen) atoms. The van der Waals surface area contributed by atoms with E-state index in [1.165, 1.54) is 5.56 Å². The van der Waals surface area contributed by atoms with Gasteiger partial charge in [-0.1, -0.05) is 36.4 Å². The largest absolute Gasteiger partial charge is 0.497 e. The number of aromatic nitrogens is 1. The van der Waals surface area contributed by atoms with Crippen LogP contribution in [0.4, 0.5) is 5.69 Å². The van der Waals surface area contributed by atoms with Crippen LogP contribution < -0.4 is 9.64 Å². The Morgan fingerprint density at radius 2 is 1.77 bits per heavy atom. The minimum Gasteiger partial charge on any atom is -0.497 e. The number of ether oxygens (including phenoxy) is 1. The summed E-state index contributed by atoms with van der Waals surface area (Å²) in [4.78, 5) is 17.8. The van der Waals surface area contributed by atoms with Crippen LogP contribution in [0.15, 0.2) is 72.1 Å². The maximum atomic E-state index is 13.5. The van der Waals surface area contributed by atoms with Gasteiger partial charge in [-0.2, -0.15) is 0 Å². The van der Waals surface area contributed by atoms with Gasteiger partial charge in [-0.3, -0.25) is 4.79 Å². The van der Waals surface area contributed by atoms with E-state index in [2.05, 4.69) is 51.2 Å². The van der Waals surface area contributed by atoms with Crippen LogP contribution in [0.2, 0.25) is 0 Å². The van der Waals surface area contributed by atoms with Gasteiger partial charge < -0.3 is 19.1 Å². The summed E-state index contributed by atoms with van der Waals surface area (Å²) in [7, 11) is 1.69. The number of amides is 1. The highest BCUT2D eigenvalue weighted by Gasteiger charge is 2.26. The van der Waals surface area contributed by atoms with Crippen LogP contribution in [0.3, 0.4) is 0 Å². The standard InChI is InChI=1S/C25H25N3O2S/c1-30-21-9-5-8-20(16-21)26-11-13-27(14-12-26)25(29)23-17-24-22(10-15-31-24)28(23)18-19-6-3-2-4-7-19/h2-10,15-17H,11-14,18H2,1H3. The number of carbonyl (C=O) groups excluding carboxylic acids is 1. The van der Waals surface area contributed by atoms with Crippen LogP contribution in [0.25, 0.3) is 10.2 Å². The molecule has 5 rings (SSSR count). The lowest BCUT2D eigenvalue weighted by Crippen LogP contribution is -2.49. The van der Waals surface area contributed by atoms with Crippen molar-refractivity contribution in [1.82, 2.24) is 9.47 Å². The summed E-state index contributed by atoms with van der Waals surface area (Å²) in [6.45, 7) is 3.74. The Bertz CT molecular complexity index is 1190. The molecular weight excluding hydrogens is 406 g/mol. The lowest BCUT2D eigenvalue weighted by Gasteiger charge is -2.36. The van der Waals surface area contributed by atoms with Crippen molar-refractivity contribution in [3.05, 3.63) is 83.4 Å². The first-order valence-corrected chi connectivity index (χ1v) is 11.4. The fourth-order valence-corrected chi connectivity index (χ4v) is 5.05. The monoisotopic (exact) mass is 431 g/mol. The number of methoxy groups -OCH3 is 1. The summed E-state index contributed by atoms with van der Waals surface area (Å²) < 4.78 is 8.68. The van der Waals surface area contributed by atoms with E-state index in [4.69, 9.17) is 4.74 Å². The Balaban J connectivity index is 1.35. The number of fused-ring (bicyclic) bond motifs is 1. The van der Waals surface area contributed by atoms with E-state index in [1.54, 1.807) is 18.4 Å². The third kappa shape index (κ3) is 3.91. The molecule has 5 nitrogen and oxygen atoms in total. The summed E-state index contributed by atoms with van der Waals surface area (Å²) in [5.74, 6) is 0.972. The van der Waals surface area contributed by atoms with Crippen LogP contribution >= 0.6 is 11.3 Å². The lowest BCUT2D eigenvalue weighted by molar-refractivity contribution is 0.0737. The first-order chi connectivity index (χ1) is 15.2. The van der Waals surface area contributed by atoms with Crippen molar-refractivity contribution in [2.75, 3.05) is 38.2 Å². The molecule has 0 aliphatic carbocycles. The zero-order valence-corrected chi connectivity index (χ0v) is 18.3. The molecule has 2 aromatic carbocycles. The Labute approximate surface area is 186 Å². The molecule has 1 aliphatic heterocycles. The fraction of sp³-hybridized carbons (Fsp3) is 0.240. The van der Waals surface area contributed by atoms with Crippen LogP contribution in [0.5, 0.6) is 5.75 Å². The number of benzene rings is 2. The van der Waals surface area contributed by atoms with Crippen molar-refractivity contribution in [1.29, 1.82) is 0 Å². The van der Waals surface area contributed by atoms with E-state index >= 15 is 0 Å². The van der Waals surface area contributed by atoms with Crippen molar-refractivity contribution >= 4 is 33.1 Å². The second-order valence-corrected chi connectivity index (χ2v) is 8.70. The minimum atomic E-state index is 0.115. The summed E-state index contributed by atoms with van der Waals surface area (Å²) in [6, 6.07) is 22.6. The second kappa shape index (κ2) is 8.47. The topological polar surface area (TPSA) is 37.7 Å². The zero-order chi connectivity index (χ0) is 21.2. The number of thiophene rings is 1. The third-order valence-corrected chi connectivity index (χ3v) is 6.76. The normalized spacial score (nSPS) is 14.2. The molecule has 0 N–H and O–H groups in total. The quantitative estimate of drug-likeness (QED) is 0.459. The molecule has 0 atom stereocenters. The molecular formula is C25H25N3O2S. The van der Waals surface area contributed by atoms with Crippen molar-refractivity contribution in [2.45, 2.75) is 6.54 Å². The number of hydrogen-bond donors (Lipinski definition) is 0. The molecule has 1 amide bonds. The lowest BCUT2D eigenvalue weighted by atomic mass is 10.2. The summed E-state index contributed by atoms with van der Waals surface area (Å²) in [6.07, 6.45) is 0. The number of rotatable bonds is 5. The second-order valence-electron chi connectivity index (χ2n) is 7.75. The van der Waals surface area contributed by atoms with Gasteiger partial charge in [-0.25, -0.2) is 0 Å². The fourth-order valence-electron chi connectivity index (χ4n) is 4.23. The molecule has 1 saturated heterocycles. The summed E-state index contributed by atoms with van der Waals surface area (Å²) in [5, 5.41) is 2.09. The molecule has 3 heterocycles. The van der Waals surface area contributed by atoms with E-state index in [1.807, 2.05) is 35.2 Å². The number of nitrogens with zero attached hydrogens (tertiary/aromatic N) is 3. The van der Waals surface area contributed by atoms with Gasteiger partial charge in [-0.05, 0) is 35.2 Å². The van der Waals surface area contributed by atoms with E-state index in [9.17, 15) is 4.79 Å². The number of carbonyl (C=O) groups is 1. The van der Waals surface area contributed by atoms with Gasteiger partial charge in [0.1, 0.15) is 11.4 Å². The Morgan fingerprint density at radius 1 is 0.968 bits per heavy atom. The molecule has 4 aromatic rings. The summed E-state index contributed by atoms with van der Waals surface area (Å²) >= 11 is 1.69. The molecule has 158 valence electrons. The Morgan fingerprint density at radius 3 is 2.55 bits per heavy atom. The Kier molecular flexibility index (Phi) is 5.38. The highest BCUT2D eigenvalue weighted by molar-refractivity contribution is 7.17. The highest BCUT2D eigenvalue weighted by Crippen LogP contribution is 2.28. The van der Waals surface area contributed by atoms with Gasteiger partial charge in [0.05, 0.1) is 17.3 Å². The SMILES string of the molecule is COc1cccc(N2CCN(C(=O)c3cc4sccc4n3Cc3ccccc3)CC2)c1.